The second-order valence-corrected chi connectivity index (χ2v) is 5.97. The van der Waals surface area contributed by atoms with E-state index in [0.29, 0.717) is 12.1 Å². The molecule has 0 saturated heterocycles. The Morgan fingerprint density at radius 1 is 1.29 bits per heavy atom. The third kappa shape index (κ3) is 4.70. The molecule has 0 heterocycles. The Balaban J connectivity index is 1.85. The largest absolute Gasteiger partial charge is 0.452 e. The number of allylic oxidation sites excluding steroid dienone is 2. The first kappa shape index (κ1) is 15.8. The fourth-order valence-corrected chi connectivity index (χ4v) is 2.37. The highest BCUT2D eigenvalue weighted by Gasteiger charge is 2.24. The van der Waals surface area contributed by atoms with Gasteiger partial charge in [-0.15, -0.1) is 0 Å². The van der Waals surface area contributed by atoms with E-state index in [1.165, 1.54) is 0 Å². The second-order valence-electron chi connectivity index (χ2n) is 5.06. The molecule has 1 N–H and O–H groups in total. The lowest BCUT2D eigenvalue weighted by molar-refractivity contribution is -0.157. The number of carbonyl (C=O) groups is 2. The molecule has 0 bridgehead atoms. The number of anilines is 1. The summed E-state index contributed by atoms with van der Waals surface area (Å²) in [7, 11) is 0. The molecule has 0 unspecified atom stereocenters. The van der Waals surface area contributed by atoms with E-state index in [0.717, 1.165) is 17.3 Å². The van der Waals surface area contributed by atoms with Crippen LogP contribution in [-0.4, -0.2) is 18.0 Å². The van der Waals surface area contributed by atoms with Crippen molar-refractivity contribution in [3.05, 3.63) is 40.9 Å². The van der Waals surface area contributed by atoms with Crippen molar-refractivity contribution in [1.82, 2.24) is 0 Å². The molecule has 0 radical (unpaired) electrons. The Hall–Kier alpha value is -1.62. The van der Waals surface area contributed by atoms with Gasteiger partial charge in [-0.2, -0.15) is 0 Å². The molecule has 4 nitrogen and oxygen atoms in total. The lowest BCUT2D eigenvalue weighted by Gasteiger charge is -2.19. The minimum Gasteiger partial charge on any atom is -0.452 e. The number of halogens is 1. The smallest absolute Gasteiger partial charge is 0.310 e. The van der Waals surface area contributed by atoms with Crippen molar-refractivity contribution in [1.29, 1.82) is 0 Å². The van der Waals surface area contributed by atoms with Gasteiger partial charge >= 0.3 is 5.97 Å². The summed E-state index contributed by atoms with van der Waals surface area (Å²) in [6.07, 6.45) is 5.62. The molecule has 0 aliphatic heterocycles. The standard InChI is InChI=1S/C16H18BrNO3/c1-11(21-16(20)12-5-3-2-4-6-12)15(19)18-14-9-7-13(17)8-10-14/h2-3,7-12H,4-6H2,1H3,(H,18,19)/t11-,12+/m1/s1. The fourth-order valence-electron chi connectivity index (χ4n) is 2.11. The SMILES string of the molecule is C[C@@H](OC(=O)[C@H]1CC=CCC1)C(=O)Nc1ccc(Br)cc1. The zero-order valence-electron chi connectivity index (χ0n) is 11.8. The lowest BCUT2D eigenvalue weighted by atomic mass is 9.95. The third-order valence-electron chi connectivity index (χ3n) is 3.38. The fraction of sp³-hybridized carbons (Fsp3) is 0.375. The van der Waals surface area contributed by atoms with Crippen LogP contribution in [0.5, 0.6) is 0 Å². The van der Waals surface area contributed by atoms with Crippen LogP contribution in [0, 0.1) is 5.92 Å². The highest BCUT2D eigenvalue weighted by atomic mass is 79.9. The normalized spacial score (nSPS) is 18.9. The molecule has 1 aliphatic rings. The molecule has 5 heteroatoms. The van der Waals surface area contributed by atoms with Crippen LogP contribution < -0.4 is 5.32 Å². The van der Waals surface area contributed by atoms with Gasteiger partial charge in [0.25, 0.3) is 5.91 Å². The first-order valence-corrected chi connectivity index (χ1v) is 7.77. The second kappa shape index (κ2) is 7.41. The van der Waals surface area contributed by atoms with Crippen LogP contribution in [0.3, 0.4) is 0 Å². The maximum atomic E-state index is 12.0. The molecular weight excluding hydrogens is 334 g/mol. The van der Waals surface area contributed by atoms with Crippen LogP contribution >= 0.6 is 15.9 Å². The van der Waals surface area contributed by atoms with E-state index in [1.54, 1.807) is 19.1 Å². The minimum atomic E-state index is -0.799. The van der Waals surface area contributed by atoms with E-state index < -0.39 is 6.10 Å². The first-order valence-electron chi connectivity index (χ1n) is 6.98. The molecule has 2 rings (SSSR count). The van der Waals surface area contributed by atoms with Crippen molar-refractivity contribution in [2.75, 3.05) is 5.32 Å². The molecule has 0 fully saturated rings. The minimum absolute atomic E-state index is 0.127. The van der Waals surface area contributed by atoms with Gasteiger partial charge in [-0.3, -0.25) is 9.59 Å². The Morgan fingerprint density at radius 2 is 2.00 bits per heavy atom. The highest BCUT2D eigenvalue weighted by molar-refractivity contribution is 9.10. The van der Waals surface area contributed by atoms with Gasteiger partial charge in [-0.1, -0.05) is 28.1 Å². The maximum Gasteiger partial charge on any atom is 0.310 e. The van der Waals surface area contributed by atoms with Crippen LogP contribution in [0.25, 0.3) is 0 Å². The van der Waals surface area contributed by atoms with E-state index in [1.807, 2.05) is 18.2 Å². The number of ether oxygens (including phenoxy) is 1. The number of esters is 1. The number of amides is 1. The Kier molecular flexibility index (Phi) is 5.56. The molecule has 0 spiro atoms. The van der Waals surface area contributed by atoms with Gasteiger partial charge in [0, 0.05) is 10.2 Å². The summed E-state index contributed by atoms with van der Waals surface area (Å²) in [5.74, 6) is -0.743. The molecule has 1 amide bonds. The number of rotatable bonds is 4. The summed E-state index contributed by atoms with van der Waals surface area (Å²) < 4.78 is 6.19. The summed E-state index contributed by atoms with van der Waals surface area (Å²) in [5, 5.41) is 2.73. The zero-order valence-corrected chi connectivity index (χ0v) is 13.4. The topological polar surface area (TPSA) is 55.4 Å². The number of hydrogen-bond acceptors (Lipinski definition) is 3. The number of nitrogens with one attached hydrogen (secondary N) is 1. The van der Waals surface area contributed by atoms with Gasteiger partial charge in [-0.25, -0.2) is 0 Å². The zero-order chi connectivity index (χ0) is 15.2. The molecule has 1 aromatic carbocycles. The molecule has 2 atom stereocenters. The molecule has 0 saturated carbocycles. The average Bonchev–Trinajstić information content (AvgIpc) is 2.50. The van der Waals surface area contributed by atoms with Gasteiger partial charge in [0.2, 0.25) is 0 Å². The van der Waals surface area contributed by atoms with Crippen LogP contribution in [-0.2, 0) is 14.3 Å². The number of benzene rings is 1. The average molecular weight is 352 g/mol. The Labute approximate surface area is 132 Å². The summed E-state index contributed by atoms with van der Waals surface area (Å²) in [4.78, 5) is 24.0. The van der Waals surface area contributed by atoms with Crippen molar-refractivity contribution >= 4 is 33.5 Å². The van der Waals surface area contributed by atoms with E-state index in [2.05, 4.69) is 27.3 Å². The molecule has 1 aliphatic carbocycles. The van der Waals surface area contributed by atoms with E-state index >= 15 is 0 Å². The monoisotopic (exact) mass is 351 g/mol. The van der Waals surface area contributed by atoms with Gasteiger partial charge in [0.05, 0.1) is 5.92 Å². The number of carbonyl (C=O) groups excluding carboxylic acids is 2. The third-order valence-corrected chi connectivity index (χ3v) is 3.90. The van der Waals surface area contributed by atoms with Gasteiger partial charge in [-0.05, 0) is 50.5 Å². The number of hydrogen-bond donors (Lipinski definition) is 1. The summed E-state index contributed by atoms with van der Waals surface area (Å²) in [6.45, 7) is 1.59. The van der Waals surface area contributed by atoms with Gasteiger partial charge in [0.1, 0.15) is 0 Å². The van der Waals surface area contributed by atoms with Crippen molar-refractivity contribution in [2.45, 2.75) is 32.3 Å². The predicted octanol–water partition coefficient (Wildman–Crippen LogP) is 3.68. The van der Waals surface area contributed by atoms with Crippen LogP contribution in [0.4, 0.5) is 5.69 Å². The van der Waals surface area contributed by atoms with Crippen molar-refractivity contribution < 1.29 is 14.3 Å². The highest BCUT2D eigenvalue weighted by Crippen LogP contribution is 2.20. The lowest BCUT2D eigenvalue weighted by Crippen LogP contribution is -2.32. The van der Waals surface area contributed by atoms with E-state index in [-0.39, 0.29) is 17.8 Å². The first-order chi connectivity index (χ1) is 10.1. The Morgan fingerprint density at radius 3 is 2.62 bits per heavy atom. The van der Waals surface area contributed by atoms with Crippen molar-refractivity contribution in [3.63, 3.8) is 0 Å². The van der Waals surface area contributed by atoms with Crippen LogP contribution in [0.1, 0.15) is 26.2 Å². The Bertz CT molecular complexity index is 539. The summed E-state index contributed by atoms with van der Waals surface area (Å²) in [5.41, 5.74) is 0.673. The quantitative estimate of drug-likeness (QED) is 0.664. The molecule has 112 valence electrons. The molecule has 21 heavy (non-hydrogen) atoms. The summed E-state index contributed by atoms with van der Waals surface area (Å²) >= 11 is 3.33. The van der Waals surface area contributed by atoms with E-state index in [4.69, 9.17) is 4.74 Å². The van der Waals surface area contributed by atoms with Crippen LogP contribution in [0.15, 0.2) is 40.9 Å². The van der Waals surface area contributed by atoms with Crippen molar-refractivity contribution in [3.8, 4) is 0 Å². The van der Waals surface area contributed by atoms with Gasteiger partial charge in [0.15, 0.2) is 6.10 Å². The molecule has 1 aromatic rings. The van der Waals surface area contributed by atoms with Gasteiger partial charge < -0.3 is 10.1 Å². The van der Waals surface area contributed by atoms with Crippen molar-refractivity contribution in [2.24, 2.45) is 5.92 Å². The maximum absolute atomic E-state index is 12.0. The van der Waals surface area contributed by atoms with Crippen LogP contribution in [0.2, 0.25) is 0 Å². The van der Waals surface area contributed by atoms with E-state index in [9.17, 15) is 9.59 Å². The molecule has 0 aromatic heterocycles. The summed E-state index contributed by atoms with van der Waals surface area (Å²) in [6, 6.07) is 7.23. The molecular formula is C16H18BrNO3. The predicted molar refractivity (Wildman–Crippen MR) is 84.8 cm³/mol.